The largest absolute Gasteiger partial charge is 0.466 e. The number of hydrogen-bond donors (Lipinski definition) is 0. The van der Waals surface area contributed by atoms with Crippen LogP contribution in [0.1, 0.15) is 17.0 Å². The van der Waals surface area contributed by atoms with Gasteiger partial charge < -0.3 is 14.4 Å². The van der Waals surface area contributed by atoms with E-state index < -0.39 is 23.7 Å². The van der Waals surface area contributed by atoms with Crippen molar-refractivity contribution in [1.82, 2.24) is 4.90 Å². The first-order valence-corrected chi connectivity index (χ1v) is 8.69. The SMILES string of the molecule is COC(=O)C1=CN(Cc2ccccc2)C=C(C(=O)OC)C1c1ccccc1F. The molecule has 0 aliphatic carbocycles. The van der Waals surface area contributed by atoms with Gasteiger partial charge in [-0.1, -0.05) is 48.5 Å². The topological polar surface area (TPSA) is 55.8 Å². The van der Waals surface area contributed by atoms with Gasteiger partial charge in [0.05, 0.1) is 31.3 Å². The van der Waals surface area contributed by atoms with Gasteiger partial charge in [0.25, 0.3) is 0 Å². The normalized spacial score (nSPS) is 14.2. The highest BCUT2D eigenvalue weighted by Gasteiger charge is 2.36. The molecule has 0 saturated carbocycles. The van der Waals surface area contributed by atoms with Crippen molar-refractivity contribution in [3.05, 3.63) is 95.1 Å². The lowest BCUT2D eigenvalue weighted by Gasteiger charge is -2.30. The summed E-state index contributed by atoms with van der Waals surface area (Å²) in [5.41, 5.74) is 1.50. The number of methoxy groups -OCH3 is 2. The highest BCUT2D eigenvalue weighted by Crippen LogP contribution is 2.38. The van der Waals surface area contributed by atoms with E-state index in [0.717, 1.165) is 5.56 Å². The molecule has 28 heavy (non-hydrogen) atoms. The molecular weight excluding hydrogens is 361 g/mol. The maximum Gasteiger partial charge on any atom is 0.336 e. The summed E-state index contributed by atoms with van der Waals surface area (Å²) in [5.74, 6) is -2.72. The van der Waals surface area contributed by atoms with Gasteiger partial charge in [-0.15, -0.1) is 0 Å². The quantitative estimate of drug-likeness (QED) is 0.742. The Hall–Kier alpha value is -3.41. The number of ether oxygens (including phenoxy) is 2. The number of rotatable bonds is 5. The van der Waals surface area contributed by atoms with Crippen LogP contribution in [0.15, 0.2) is 78.1 Å². The lowest BCUT2D eigenvalue weighted by molar-refractivity contribution is -0.137. The Morgan fingerprint density at radius 2 is 1.43 bits per heavy atom. The third-order valence-electron chi connectivity index (χ3n) is 4.50. The molecule has 0 unspecified atom stereocenters. The lowest BCUT2D eigenvalue weighted by atomic mass is 9.83. The van der Waals surface area contributed by atoms with Gasteiger partial charge in [-0.25, -0.2) is 14.0 Å². The molecule has 1 aliphatic rings. The minimum Gasteiger partial charge on any atom is -0.466 e. The van der Waals surface area contributed by atoms with Crippen LogP contribution in [0.25, 0.3) is 0 Å². The lowest BCUT2D eigenvalue weighted by Crippen LogP contribution is -2.29. The zero-order valence-electron chi connectivity index (χ0n) is 15.6. The molecule has 0 saturated heterocycles. The minimum absolute atomic E-state index is 0.159. The van der Waals surface area contributed by atoms with Crippen molar-refractivity contribution < 1.29 is 23.5 Å². The van der Waals surface area contributed by atoms with E-state index in [1.165, 1.54) is 20.3 Å². The molecule has 0 amide bonds. The van der Waals surface area contributed by atoms with Gasteiger partial charge >= 0.3 is 11.9 Å². The fraction of sp³-hybridized carbons (Fsp3) is 0.182. The van der Waals surface area contributed by atoms with E-state index >= 15 is 0 Å². The molecule has 0 atom stereocenters. The van der Waals surface area contributed by atoms with E-state index in [1.54, 1.807) is 35.5 Å². The maximum absolute atomic E-state index is 14.5. The molecule has 0 spiro atoms. The third-order valence-corrected chi connectivity index (χ3v) is 4.50. The van der Waals surface area contributed by atoms with Crippen molar-refractivity contribution >= 4 is 11.9 Å². The zero-order chi connectivity index (χ0) is 20.1. The molecule has 1 heterocycles. The Morgan fingerprint density at radius 3 is 1.96 bits per heavy atom. The van der Waals surface area contributed by atoms with Gasteiger partial charge in [-0.2, -0.15) is 0 Å². The van der Waals surface area contributed by atoms with Crippen molar-refractivity contribution in [2.75, 3.05) is 14.2 Å². The number of nitrogens with zero attached hydrogens (tertiary/aromatic N) is 1. The Morgan fingerprint density at radius 1 is 0.893 bits per heavy atom. The summed E-state index contributed by atoms with van der Waals surface area (Å²) in [6, 6.07) is 15.6. The van der Waals surface area contributed by atoms with Crippen LogP contribution in [0.5, 0.6) is 0 Å². The average Bonchev–Trinajstić information content (AvgIpc) is 2.73. The van der Waals surface area contributed by atoms with Crippen LogP contribution >= 0.6 is 0 Å². The number of carbonyl (C=O) groups is 2. The van der Waals surface area contributed by atoms with Crippen LogP contribution in [0.3, 0.4) is 0 Å². The Bertz CT molecular complexity index is 903. The van der Waals surface area contributed by atoms with E-state index in [9.17, 15) is 14.0 Å². The van der Waals surface area contributed by atoms with E-state index in [-0.39, 0.29) is 16.7 Å². The molecule has 0 aromatic heterocycles. The molecule has 6 heteroatoms. The van der Waals surface area contributed by atoms with Crippen LogP contribution < -0.4 is 0 Å². The van der Waals surface area contributed by atoms with Gasteiger partial charge in [0.1, 0.15) is 5.82 Å². The summed E-state index contributed by atoms with van der Waals surface area (Å²) in [6.07, 6.45) is 3.17. The van der Waals surface area contributed by atoms with Gasteiger partial charge in [0, 0.05) is 24.5 Å². The maximum atomic E-state index is 14.5. The number of hydrogen-bond acceptors (Lipinski definition) is 5. The molecule has 5 nitrogen and oxygen atoms in total. The van der Waals surface area contributed by atoms with Crippen LogP contribution in [0, 0.1) is 5.82 Å². The van der Waals surface area contributed by atoms with Crippen molar-refractivity contribution in [1.29, 1.82) is 0 Å². The highest BCUT2D eigenvalue weighted by atomic mass is 19.1. The second-order valence-electron chi connectivity index (χ2n) is 6.26. The van der Waals surface area contributed by atoms with E-state index in [1.807, 2.05) is 30.3 Å². The van der Waals surface area contributed by atoms with Gasteiger partial charge in [-0.3, -0.25) is 0 Å². The first-order chi connectivity index (χ1) is 13.5. The van der Waals surface area contributed by atoms with Crippen molar-refractivity contribution in [2.24, 2.45) is 0 Å². The van der Waals surface area contributed by atoms with Crippen LogP contribution in [0.4, 0.5) is 4.39 Å². The van der Waals surface area contributed by atoms with Gasteiger partial charge in [-0.05, 0) is 11.6 Å². The summed E-state index contributed by atoms with van der Waals surface area (Å²) >= 11 is 0. The first-order valence-electron chi connectivity index (χ1n) is 8.69. The minimum atomic E-state index is -0.923. The smallest absolute Gasteiger partial charge is 0.336 e. The fourth-order valence-electron chi connectivity index (χ4n) is 3.22. The van der Waals surface area contributed by atoms with Crippen molar-refractivity contribution in [2.45, 2.75) is 12.5 Å². The average molecular weight is 381 g/mol. The Labute approximate surface area is 162 Å². The Balaban J connectivity index is 2.10. The van der Waals surface area contributed by atoms with E-state index in [0.29, 0.717) is 6.54 Å². The number of carbonyl (C=O) groups excluding carboxylic acids is 2. The molecule has 0 radical (unpaired) electrons. The van der Waals surface area contributed by atoms with E-state index in [4.69, 9.17) is 9.47 Å². The van der Waals surface area contributed by atoms with Crippen LogP contribution in [0.2, 0.25) is 0 Å². The zero-order valence-corrected chi connectivity index (χ0v) is 15.6. The Kier molecular flexibility index (Phi) is 5.89. The predicted octanol–water partition coefficient (Wildman–Crippen LogP) is 3.54. The van der Waals surface area contributed by atoms with Crippen molar-refractivity contribution in [3.63, 3.8) is 0 Å². The third kappa shape index (κ3) is 3.96. The summed E-state index contributed by atoms with van der Waals surface area (Å²) in [5, 5.41) is 0. The molecular formula is C22H20FNO4. The molecule has 1 aliphatic heterocycles. The van der Waals surface area contributed by atoms with E-state index in [2.05, 4.69) is 0 Å². The van der Waals surface area contributed by atoms with Gasteiger partial charge in [0.2, 0.25) is 0 Å². The fourth-order valence-corrected chi connectivity index (χ4v) is 3.22. The standard InChI is InChI=1S/C22H20FNO4/c1-27-21(25)17-13-24(12-15-8-4-3-5-9-15)14-18(22(26)28-2)20(17)16-10-6-7-11-19(16)23/h3-11,13-14,20H,12H2,1-2H3. The summed E-state index contributed by atoms with van der Waals surface area (Å²) in [7, 11) is 2.50. The monoisotopic (exact) mass is 381 g/mol. The highest BCUT2D eigenvalue weighted by molar-refractivity contribution is 5.98. The molecule has 0 fully saturated rings. The molecule has 0 bridgehead atoms. The van der Waals surface area contributed by atoms with Gasteiger partial charge in [0.15, 0.2) is 0 Å². The number of halogens is 1. The predicted molar refractivity (Wildman–Crippen MR) is 101 cm³/mol. The second kappa shape index (κ2) is 8.52. The summed E-state index contributed by atoms with van der Waals surface area (Å²) in [6.45, 7) is 0.422. The second-order valence-corrected chi connectivity index (χ2v) is 6.26. The molecule has 2 aromatic rings. The molecule has 2 aromatic carbocycles. The van der Waals surface area contributed by atoms with Crippen molar-refractivity contribution in [3.8, 4) is 0 Å². The molecule has 3 rings (SSSR count). The molecule has 0 N–H and O–H groups in total. The number of esters is 2. The summed E-state index contributed by atoms with van der Waals surface area (Å²) in [4.78, 5) is 26.7. The first kappa shape index (κ1) is 19.4. The molecule has 144 valence electrons. The van der Waals surface area contributed by atoms with Crippen LogP contribution in [-0.2, 0) is 25.6 Å². The van der Waals surface area contributed by atoms with Crippen LogP contribution in [-0.4, -0.2) is 31.1 Å². The number of benzene rings is 2. The summed E-state index contributed by atoms with van der Waals surface area (Å²) < 4.78 is 24.3.